The maximum atomic E-state index is 13.5. The Labute approximate surface area is 206 Å². The minimum Gasteiger partial charge on any atom is -0.494 e. The third-order valence-corrected chi connectivity index (χ3v) is 7.14. The second-order valence-electron chi connectivity index (χ2n) is 7.67. The fourth-order valence-corrected chi connectivity index (χ4v) is 4.87. The molecule has 0 aliphatic heterocycles. The van der Waals surface area contributed by atoms with E-state index in [-0.39, 0.29) is 10.6 Å². The normalized spacial score (nSPS) is 11.5. The third-order valence-electron chi connectivity index (χ3n) is 5.15. The number of carbonyl (C=O) groups is 1. The molecule has 0 atom stereocenters. The van der Waals surface area contributed by atoms with Gasteiger partial charge in [-0.3, -0.25) is 4.79 Å². The number of hydrogen-bond acceptors (Lipinski definition) is 4. The highest BCUT2D eigenvalue weighted by atomic mass is 35.5. The van der Waals surface area contributed by atoms with E-state index in [2.05, 4.69) is 6.92 Å². The summed E-state index contributed by atoms with van der Waals surface area (Å²) in [6, 6.07) is 20.0. The van der Waals surface area contributed by atoms with Crippen LogP contribution in [-0.4, -0.2) is 20.9 Å². The summed E-state index contributed by atoms with van der Waals surface area (Å²) >= 11 is 5.93. The average Bonchev–Trinajstić information content (AvgIpc) is 2.83. The van der Waals surface area contributed by atoms with Crippen molar-refractivity contribution >= 4 is 39.3 Å². The van der Waals surface area contributed by atoms with Crippen LogP contribution in [0.25, 0.3) is 6.08 Å². The second kappa shape index (κ2) is 11.9. The Hall–Kier alpha value is -3.09. The summed E-state index contributed by atoms with van der Waals surface area (Å²) in [6.07, 6.45) is 5.84. The molecule has 178 valence electrons. The van der Waals surface area contributed by atoms with Crippen molar-refractivity contribution in [2.24, 2.45) is 0 Å². The summed E-state index contributed by atoms with van der Waals surface area (Å²) in [6.45, 7) is 4.57. The van der Waals surface area contributed by atoms with Crippen LogP contribution in [-0.2, 0) is 21.2 Å². The Morgan fingerprint density at radius 3 is 2.18 bits per heavy atom. The number of unbranched alkanes of at least 4 members (excludes halogenated alkanes) is 1. The number of sulfonamides is 1. The molecule has 5 nitrogen and oxygen atoms in total. The minimum atomic E-state index is -4.16. The van der Waals surface area contributed by atoms with Gasteiger partial charge in [0.05, 0.1) is 17.2 Å². The molecule has 3 rings (SSSR count). The highest BCUT2D eigenvalue weighted by Crippen LogP contribution is 2.26. The van der Waals surface area contributed by atoms with Crippen molar-refractivity contribution in [1.82, 2.24) is 0 Å². The predicted molar refractivity (Wildman–Crippen MR) is 138 cm³/mol. The highest BCUT2D eigenvalue weighted by Gasteiger charge is 2.29. The van der Waals surface area contributed by atoms with Crippen LogP contribution < -0.4 is 9.04 Å². The summed E-state index contributed by atoms with van der Waals surface area (Å²) in [5.74, 6) is 0.0474. The lowest BCUT2D eigenvalue weighted by Crippen LogP contribution is -2.35. The second-order valence-corrected chi connectivity index (χ2v) is 9.89. The van der Waals surface area contributed by atoms with Crippen LogP contribution in [0.4, 0.5) is 5.69 Å². The molecule has 1 amide bonds. The SMILES string of the molecule is CCCCc1ccc(N(C(=O)/C=C/c2ccc(OCC)cc2)S(=O)(=O)c2ccc(Cl)cc2)cc1. The molecule has 3 aromatic carbocycles. The summed E-state index contributed by atoms with van der Waals surface area (Å²) in [4.78, 5) is 13.2. The van der Waals surface area contributed by atoms with Crippen LogP contribution in [0.3, 0.4) is 0 Å². The number of rotatable bonds is 10. The van der Waals surface area contributed by atoms with Gasteiger partial charge in [-0.15, -0.1) is 0 Å². The maximum Gasteiger partial charge on any atom is 0.271 e. The van der Waals surface area contributed by atoms with Crippen LogP contribution in [0.2, 0.25) is 5.02 Å². The first-order valence-corrected chi connectivity index (χ1v) is 13.0. The van der Waals surface area contributed by atoms with E-state index in [0.29, 0.717) is 11.6 Å². The van der Waals surface area contributed by atoms with E-state index in [0.717, 1.165) is 40.4 Å². The van der Waals surface area contributed by atoms with Gasteiger partial charge in [-0.1, -0.05) is 49.2 Å². The molecule has 0 saturated carbocycles. The van der Waals surface area contributed by atoms with Gasteiger partial charge in [0.1, 0.15) is 5.75 Å². The zero-order chi connectivity index (χ0) is 24.6. The Bertz CT molecular complexity index is 1220. The topological polar surface area (TPSA) is 63.7 Å². The van der Waals surface area contributed by atoms with Gasteiger partial charge >= 0.3 is 0 Å². The number of nitrogens with zero attached hydrogens (tertiary/aromatic N) is 1. The molecular formula is C27H28ClNO4S. The third kappa shape index (κ3) is 6.49. The van der Waals surface area contributed by atoms with E-state index < -0.39 is 15.9 Å². The van der Waals surface area contributed by atoms with Crippen molar-refractivity contribution in [2.45, 2.75) is 38.0 Å². The smallest absolute Gasteiger partial charge is 0.271 e. The van der Waals surface area contributed by atoms with Gasteiger partial charge in [0, 0.05) is 11.1 Å². The molecule has 0 N–H and O–H groups in total. The molecule has 7 heteroatoms. The standard InChI is InChI=1S/C27H28ClNO4S/c1-3-5-6-21-7-14-24(15-8-21)29(34(31,32)26-18-12-23(28)13-19-26)27(30)20-11-22-9-16-25(17-10-22)33-4-2/h7-20H,3-6H2,1-2H3/b20-11+. The van der Waals surface area contributed by atoms with E-state index in [1.165, 1.54) is 30.3 Å². The average molecular weight is 498 g/mol. The molecule has 0 spiro atoms. The molecule has 0 aromatic heterocycles. The molecule has 0 radical (unpaired) electrons. The Morgan fingerprint density at radius 2 is 1.59 bits per heavy atom. The molecule has 0 fully saturated rings. The summed E-state index contributed by atoms with van der Waals surface area (Å²) < 4.78 is 33.2. The van der Waals surface area contributed by atoms with Gasteiger partial charge < -0.3 is 4.74 Å². The van der Waals surface area contributed by atoms with Crippen molar-refractivity contribution in [2.75, 3.05) is 10.9 Å². The van der Waals surface area contributed by atoms with E-state index in [9.17, 15) is 13.2 Å². The number of aryl methyl sites for hydroxylation is 1. The number of hydrogen-bond donors (Lipinski definition) is 0. The lowest BCUT2D eigenvalue weighted by atomic mass is 10.1. The van der Waals surface area contributed by atoms with Crippen molar-refractivity contribution in [3.8, 4) is 5.75 Å². The number of amides is 1. The van der Waals surface area contributed by atoms with E-state index >= 15 is 0 Å². The van der Waals surface area contributed by atoms with E-state index in [1.807, 2.05) is 19.1 Å². The maximum absolute atomic E-state index is 13.5. The zero-order valence-electron chi connectivity index (χ0n) is 19.3. The van der Waals surface area contributed by atoms with Gasteiger partial charge in [-0.05, 0) is 85.5 Å². The van der Waals surface area contributed by atoms with Crippen molar-refractivity contribution in [3.63, 3.8) is 0 Å². The summed E-state index contributed by atoms with van der Waals surface area (Å²) in [7, 11) is -4.16. The van der Waals surface area contributed by atoms with Crippen molar-refractivity contribution in [1.29, 1.82) is 0 Å². The number of ether oxygens (including phenoxy) is 1. The van der Waals surface area contributed by atoms with E-state index in [1.54, 1.807) is 42.5 Å². The van der Waals surface area contributed by atoms with Gasteiger partial charge in [-0.2, -0.15) is 4.31 Å². The molecule has 0 saturated heterocycles. The number of benzene rings is 3. The monoisotopic (exact) mass is 497 g/mol. The Kier molecular flexibility index (Phi) is 8.91. The molecular weight excluding hydrogens is 470 g/mol. The number of anilines is 1. The van der Waals surface area contributed by atoms with Crippen LogP contribution in [0.15, 0.2) is 83.8 Å². The Balaban J connectivity index is 1.95. The molecule has 0 bridgehead atoms. The highest BCUT2D eigenvalue weighted by molar-refractivity contribution is 7.93. The first kappa shape index (κ1) is 25.5. The predicted octanol–water partition coefficient (Wildman–Crippen LogP) is 6.52. The van der Waals surface area contributed by atoms with Crippen molar-refractivity contribution < 1.29 is 17.9 Å². The van der Waals surface area contributed by atoms with Gasteiger partial charge in [0.15, 0.2) is 0 Å². The molecule has 34 heavy (non-hydrogen) atoms. The number of halogens is 1. The van der Waals surface area contributed by atoms with Gasteiger partial charge in [0.25, 0.3) is 15.9 Å². The largest absolute Gasteiger partial charge is 0.494 e. The van der Waals surface area contributed by atoms with Crippen LogP contribution in [0, 0.1) is 0 Å². The molecule has 0 aliphatic carbocycles. The lowest BCUT2D eigenvalue weighted by molar-refractivity contribution is -0.113. The fraction of sp³-hybridized carbons (Fsp3) is 0.222. The first-order chi connectivity index (χ1) is 16.3. The number of carbonyl (C=O) groups excluding carboxylic acids is 1. The summed E-state index contributed by atoms with van der Waals surface area (Å²) in [5, 5.41) is 0.410. The summed E-state index contributed by atoms with van der Waals surface area (Å²) in [5.41, 5.74) is 2.11. The van der Waals surface area contributed by atoms with Crippen LogP contribution in [0.1, 0.15) is 37.8 Å². The van der Waals surface area contributed by atoms with Gasteiger partial charge in [0.2, 0.25) is 0 Å². The molecule has 3 aromatic rings. The molecule has 0 unspecified atom stereocenters. The Morgan fingerprint density at radius 1 is 0.941 bits per heavy atom. The van der Waals surface area contributed by atoms with E-state index in [4.69, 9.17) is 16.3 Å². The zero-order valence-corrected chi connectivity index (χ0v) is 20.9. The molecule has 0 aliphatic rings. The van der Waals surface area contributed by atoms with Gasteiger partial charge in [-0.25, -0.2) is 8.42 Å². The molecule has 0 heterocycles. The lowest BCUT2D eigenvalue weighted by Gasteiger charge is -2.22. The quantitative estimate of drug-likeness (QED) is 0.299. The first-order valence-electron chi connectivity index (χ1n) is 11.2. The minimum absolute atomic E-state index is 0.0187. The van der Waals surface area contributed by atoms with Crippen molar-refractivity contribution in [3.05, 3.63) is 95.0 Å². The van der Waals surface area contributed by atoms with Crippen LogP contribution >= 0.6 is 11.6 Å². The fourth-order valence-electron chi connectivity index (χ4n) is 3.35. The van der Waals surface area contributed by atoms with Crippen LogP contribution in [0.5, 0.6) is 5.75 Å².